The second-order valence-electron chi connectivity index (χ2n) is 0.795. The first kappa shape index (κ1) is 7.29. The van der Waals surface area contributed by atoms with Crippen LogP contribution in [0.5, 0.6) is 0 Å². The van der Waals surface area contributed by atoms with E-state index in [1.807, 2.05) is 0 Å². The van der Waals surface area contributed by atoms with Crippen LogP contribution in [0.4, 0.5) is 4.79 Å². The van der Waals surface area contributed by atoms with Crippen LogP contribution in [-0.4, -0.2) is 10.9 Å². The van der Waals surface area contributed by atoms with Crippen molar-refractivity contribution in [2.75, 3.05) is 0 Å². The third-order valence-electron chi connectivity index (χ3n) is 0.224. The molecule has 0 aromatic rings. The Hall–Kier alpha value is -0.710. The lowest BCUT2D eigenvalue weighted by molar-refractivity contribution is 0.178. The number of hydrogen-bond donors (Lipinski definition) is 3. The number of carbonyl (C=O) groups is 1. The minimum atomic E-state index is -2.79. The Bertz CT molecular complexity index is 98.6. The summed E-state index contributed by atoms with van der Waals surface area (Å²) in [5, 5.41) is 0. The molecule has 0 saturated carbocycles. The van der Waals surface area contributed by atoms with Crippen LogP contribution in [0, 0.1) is 0 Å². The van der Waals surface area contributed by atoms with Gasteiger partial charge in [-0.2, -0.15) is 5.48 Å². The Morgan fingerprint density at radius 1 is 1.88 bits per heavy atom. The molecule has 0 aromatic carbocycles. The number of nitrogens with one attached hydrogen (secondary N) is 1. The maximum Gasteiger partial charge on any atom is 0.719 e. The number of hydrogen-bond acceptors (Lipinski definition) is 3. The van der Waals surface area contributed by atoms with Crippen LogP contribution < -0.4 is 11.2 Å². The molecule has 0 aliphatic heterocycles. The molecule has 0 bridgehead atoms. The lowest BCUT2D eigenvalue weighted by atomic mass is 11.2. The third-order valence-corrected chi connectivity index (χ3v) is 0.472. The predicted molar refractivity (Wildman–Crippen MR) is 23.6 cm³/mol. The van der Waals surface area contributed by atoms with Crippen molar-refractivity contribution in [3.8, 4) is 0 Å². The second-order valence-corrected chi connectivity index (χ2v) is 1.45. The molecular weight excluding hydrogens is 135 g/mol. The van der Waals surface area contributed by atoms with Crippen LogP contribution in [0.2, 0.25) is 0 Å². The Balaban J connectivity index is 3.18. The molecule has 1 atom stereocenters. The molecule has 0 spiro atoms. The van der Waals surface area contributed by atoms with E-state index in [1.165, 1.54) is 5.48 Å². The summed E-state index contributed by atoms with van der Waals surface area (Å²) in [6.07, 6.45) is 0. The molecule has 2 amide bonds. The summed E-state index contributed by atoms with van der Waals surface area (Å²) in [5.74, 6) is 0. The Labute approximate surface area is 45.5 Å². The number of amides is 2. The monoisotopic (exact) mass is 139 g/mol. The van der Waals surface area contributed by atoms with Gasteiger partial charge in [-0.1, -0.05) is 0 Å². The topological polar surface area (TPSA) is 102 Å². The minimum Gasteiger partial charge on any atom is -0.350 e. The molecule has 0 aliphatic rings. The van der Waals surface area contributed by atoms with E-state index in [4.69, 9.17) is 4.89 Å². The minimum absolute atomic E-state index is 1.01. The molecule has 7 heteroatoms. The third kappa shape index (κ3) is 5.29. The number of rotatable bonds is 2. The molecule has 0 fully saturated rings. The maximum absolute atomic E-state index is 9.65. The Kier molecular flexibility index (Phi) is 3.02. The van der Waals surface area contributed by atoms with Gasteiger partial charge in [0, 0.05) is 9.19 Å². The summed E-state index contributed by atoms with van der Waals surface area (Å²) in [5.41, 5.74) is 5.88. The van der Waals surface area contributed by atoms with E-state index in [0.29, 0.717) is 0 Å². The number of hydroxylamine groups is 1. The van der Waals surface area contributed by atoms with E-state index in [-0.39, 0.29) is 0 Å². The number of urea groups is 1. The van der Waals surface area contributed by atoms with Gasteiger partial charge in [0.2, 0.25) is 0 Å². The van der Waals surface area contributed by atoms with Crippen molar-refractivity contribution in [1.29, 1.82) is 0 Å². The van der Waals surface area contributed by atoms with Gasteiger partial charge < -0.3 is 5.73 Å². The van der Waals surface area contributed by atoms with Gasteiger partial charge in [-0.05, 0) is 0 Å². The van der Waals surface area contributed by atoms with Crippen molar-refractivity contribution in [2.45, 2.75) is 0 Å². The average Bonchev–Trinajstić information content (AvgIpc) is 1.61. The van der Waals surface area contributed by atoms with Crippen molar-refractivity contribution in [2.24, 2.45) is 5.73 Å². The fraction of sp³-hybridized carbons (Fsp3) is 0. The number of nitrogens with two attached hydrogens (primary N) is 1. The van der Waals surface area contributed by atoms with E-state index in [2.05, 4.69) is 10.4 Å². The molecule has 0 aromatic heterocycles. The first-order valence-electron chi connectivity index (χ1n) is 1.51. The Morgan fingerprint density at radius 2 is 2.38 bits per heavy atom. The van der Waals surface area contributed by atoms with Gasteiger partial charge >= 0.3 is 14.3 Å². The van der Waals surface area contributed by atoms with E-state index in [0.717, 1.165) is 0 Å². The summed E-state index contributed by atoms with van der Waals surface area (Å²) in [6.45, 7) is 0. The van der Waals surface area contributed by atoms with Crippen LogP contribution in [0.1, 0.15) is 0 Å². The van der Waals surface area contributed by atoms with Crippen LogP contribution in [0.25, 0.3) is 0 Å². The van der Waals surface area contributed by atoms with Crippen molar-refractivity contribution in [3.63, 3.8) is 0 Å². The van der Waals surface area contributed by atoms with Crippen LogP contribution in [0.15, 0.2) is 0 Å². The predicted octanol–water partition coefficient (Wildman–Crippen LogP) is -0.764. The summed E-state index contributed by atoms with van der Waals surface area (Å²) in [7, 11) is -2.79. The van der Waals surface area contributed by atoms with Gasteiger partial charge in [0.1, 0.15) is 0 Å². The molecule has 0 rings (SSSR count). The van der Waals surface area contributed by atoms with Crippen molar-refractivity contribution >= 4 is 14.3 Å². The molecule has 0 saturated heterocycles. The van der Waals surface area contributed by atoms with Gasteiger partial charge in [0.15, 0.2) is 0 Å². The van der Waals surface area contributed by atoms with Crippen molar-refractivity contribution in [3.05, 3.63) is 0 Å². The van der Waals surface area contributed by atoms with Crippen LogP contribution in [0.3, 0.4) is 0 Å². The zero-order chi connectivity index (χ0) is 6.57. The fourth-order valence-electron chi connectivity index (χ4n) is 0.0840. The van der Waals surface area contributed by atoms with Crippen LogP contribution in [-0.2, 0) is 9.19 Å². The van der Waals surface area contributed by atoms with E-state index < -0.39 is 14.3 Å². The van der Waals surface area contributed by atoms with Gasteiger partial charge in [0.05, 0.1) is 0 Å². The largest absolute Gasteiger partial charge is 0.719 e. The Morgan fingerprint density at radius 3 is 2.50 bits per heavy atom. The highest BCUT2D eigenvalue weighted by atomic mass is 31.1. The molecule has 4 N–H and O–H groups in total. The smallest absolute Gasteiger partial charge is 0.350 e. The standard InChI is InChI=1S/CH3N2O4P/c2-1(4)3-7-8(5)6/h(H3-,2,3,4,5,6)/p+1. The molecule has 8 heavy (non-hydrogen) atoms. The van der Waals surface area contributed by atoms with Gasteiger partial charge in [-0.3, -0.25) is 0 Å². The first-order valence-corrected chi connectivity index (χ1v) is 2.64. The highest BCUT2D eigenvalue weighted by Gasteiger charge is 2.12. The van der Waals surface area contributed by atoms with Gasteiger partial charge in [-0.15, -0.1) is 4.89 Å². The molecule has 46 valence electrons. The number of carbonyl (C=O) groups excluding carboxylic acids is 1. The van der Waals surface area contributed by atoms with E-state index in [9.17, 15) is 9.36 Å². The lowest BCUT2D eigenvalue weighted by Crippen LogP contribution is -2.27. The van der Waals surface area contributed by atoms with Gasteiger partial charge in [-0.25, -0.2) is 4.79 Å². The first-order chi connectivity index (χ1) is 3.63. The summed E-state index contributed by atoms with van der Waals surface area (Å²) >= 11 is 0. The molecule has 0 heterocycles. The maximum atomic E-state index is 9.65. The summed E-state index contributed by atoms with van der Waals surface area (Å²) < 4.78 is 13.2. The average molecular weight is 139 g/mol. The highest BCUT2D eigenvalue weighted by Crippen LogP contribution is 2.09. The SMILES string of the molecule is NC(=O)NO[P+](=O)O. The zero-order valence-electron chi connectivity index (χ0n) is 3.70. The molecule has 0 radical (unpaired) electrons. The second kappa shape index (κ2) is 3.31. The van der Waals surface area contributed by atoms with E-state index in [1.54, 1.807) is 0 Å². The molecule has 0 aliphatic carbocycles. The molecule has 6 nitrogen and oxygen atoms in total. The zero-order valence-corrected chi connectivity index (χ0v) is 4.59. The van der Waals surface area contributed by atoms with Crippen LogP contribution >= 0.6 is 8.25 Å². The van der Waals surface area contributed by atoms with Gasteiger partial charge in [0.25, 0.3) is 0 Å². The molecule has 1 unspecified atom stereocenters. The van der Waals surface area contributed by atoms with E-state index >= 15 is 0 Å². The summed E-state index contributed by atoms with van der Waals surface area (Å²) in [6, 6.07) is -1.01. The lowest BCUT2D eigenvalue weighted by Gasteiger charge is -1.82. The normalized spacial score (nSPS) is 10.4. The highest BCUT2D eigenvalue weighted by molar-refractivity contribution is 7.32. The van der Waals surface area contributed by atoms with Crippen molar-refractivity contribution in [1.82, 2.24) is 5.48 Å². The quantitative estimate of drug-likeness (QED) is 0.345. The van der Waals surface area contributed by atoms with Crippen molar-refractivity contribution < 1.29 is 18.9 Å². The fourth-order valence-corrected chi connectivity index (χ4v) is 0.252. The number of primary amides is 1. The summed E-state index contributed by atoms with van der Waals surface area (Å²) in [4.78, 5) is 17.5. The molecular formula is CH4N2O4P+.